The van der Waals surface area contributed by atoms with E-state index in [1.807, 2.05) is 6.92 Å². The summed E-state index contributed by atoms with van der Waals surface area (Å²) in [6.45, 7) is 1.97. The highest BCUT2D eigenvalue weighted by Crippen LogP contribution is 2.24. The Morgan fingerprint density at radius 1 is 0.917 bits per heavy atom. The Kier molecular flexibility index (Phi) is 6.50. The molecular weight excluding hydrogens is 340 g/mol. The minimum atomic E-state index is -4.03. The molecule has 0 heterocycles. The summed E-state index contributed by atoms with van der Waals surface area (Å²) in [4.78, 5) is 18.8. The molecule has 0 saturated carbocycles. The van der Waals surface area contributed by atoms with Crippen molar-refractivity contribution in [2.75, 3.05) is 0 Å². The monoisotopic (exact) mass is 354 g/mol. The standard InChI is InChI=1S/C8H10O3S.C6H4N2O4/c1-2-7-3-5-8(6-4-7)12(9,10)11;9-7(10)5-3-1-2-4-6(5)8(11)12/h3-6H,2H2,1H3,(H,9,10,11);1-4H. The van der Waals surface area contributed by atoms with Crippen LogP contribution in [-0.4, -0.2) is 22.8 Å². The van der Waals surface area contributed by atoms with Crippen LogP contribution in [0.3, 0.4) is 0 Å². The SMILES string of the molecule is CCc1ccc(S(=O)(=O)O)cc1.O=[N+]([O-])c1ccccc1[N+](=O)[O-]. The number of nitro benzene ring substituents is 2. The first kappa shape index (κ1) is 19.2. The van der Waals surface area contributed by atoms with Gasteiger partial charge in [-0.05, 0) is 24.1 Å². The van der Waals surface area contributed by atoms with Gasteiger partial charge in [0.1, 0.15) is 0 Å². The van der Waals surface area contributed by atoms with Gasteiger partial charge in [-0.3, -0.25) is 24.8 Å². The predicted molar refractivity (Wildman–Crippen MR) is 85.4 cm³/mol. The molecule has 0 aromatic heterocycles. The molecule has 1 N–H and O–H groups in total. The quantitative estimate of drug-likeness (QED) is 0.505. The summed E-state index contributed by atoms with van der Waals surface area (Å²) >= 11 is 0. The molecule has 0 unspecified atom stereocenters. The van der Waals surface area contributed by atoms with Crippen LogP contribution >= 0.6 is 0 Å². The summed E-state index contributed by atoms with van der Waals surface area (Å²) in [5, 5.41) is 20.5. The van der Waals surface area contributed by atoms with Crippen molar-refractivity contribution in [3.8, 4) is 0 Å². The van der Waals surface area contributed by atoms with Gasteiger partial charge in [-0.25, -0.2) is 0 Å². The average molecular weight is 354 g/mol. The smallest absolute Gasteiger partial charge is 0.282 e. The molecule has 0 aliphatic heterocycles. The summed E-state index contributed by atoms with van der Waals surface area (Å²) in [5.41, 5.74) is 0.0763. The number of benzene rings is 2. The first-order valence-corrected chi connectivity index (χ1v) is 8.05. The average Bonchev–Trinajstić information content (AvgIpc) is 2.54. The zero-order valence-electron chi connectivity index (χ0n) is 12.5. The van der Waals surface area contributed by atoms with Crippen molar-refractivity contribution in [2.24, 2.45) is 0 Å². The Morgan fingerprint density at radius 2 is 1.33 bits per heavy atom. The topological polar surface area (TPSA) is 141 Å². The second-order valence-corrected chi connectivity index (χ2v) is 5.90. The molecule has 24 heavy (non-hydrogen) atoms. The van der Waals surface area contributed by atoms with Gasteiger partial charge in [-0.15, -0.1) is 0 Å². The zero-order valence-corrected chi connectivity index (χ0v) is 13.3. The van der Waals surface area contributed by atoms with E-state index in [0.717, 1.165) is 24.1 Å². The highest BCUT2D eigenvalue weighted by atomic mass is 32.2. The molecule has 0 radical (unpaired) electrons. The molecule has 0 amide bonds. The van der Waals surface area contributed by atoms with E-state index in [-0.39, 0.29) is 4.90 Å². The number of nitrogens with zero attached hydrogens (tertiary/aromatic N) is 2. The lowest BCUT2D eigenvalue weighted by Gasteiger charge is -1.97. The minimum Gasteiger partial charge on any atom is -0.282 e. The molecular formula is C14H14N2O7S. The third-order valence-corrected chi connectivity index (χ3v) is 3.77. The Bertz CT molecular complexity index is 799. The van der Waals surface area contributed by atoms with Crippen molar-refractivity contribution in [1.29, 1.82) is 0 Å². The maximum absolute atomic E-state index is 10.6. The van der Waals surface area contributed by atoms with Crippen LogP contribution in [0.15, 0.2) is 53.4 Å². The van der Waals surface area contributed by atoms with Gasteiger partial charge >= 0.3 is 11.4 Å². The Hall–Kier alpha value is -2.85. The number of hydrogen-bond donors (Lipinski definition) is 1. The third-order valence-electron chi connectivity index (χ3n) is 2.90. The van der Waals surface area contributed by atoms with E-state index < -0.39 is 31.3 Å². The van der Waals surface area contributed by atoms with Gasteiger partial charge in [0.05, 0.1) is 14.7 Å². The van der Waals surface area contributed by atoms with Crippen LogP contribution in [0.25, 0.3) is 0 Å². The van der Waals surface area contributed by atoms with Crippen LogP contribution in [-0.2, 0) is 16.5 Å². The summed E-state index contributed by atoms with van der Waals surface area (Å²) in [6, 6.07) is 11.1. The molecule has 9 nitrogen and oxygen atoms in total. The molecule has 0 bridgehead atoms. The largest absolute Gasteiger partial charge is 0.346 e. The van der Waals surface area contributed by atoms with Gasteiger partial charge in [0, 0.05) is 12.1 Å². The number of aryl methyl sites for hydroxylation is 1. The van der Waals surface area contributed by atoms with Gasteiger partial charge in [0.2, 0.25) is 0 Å². The first-order valence-electron chi connectivity index (χ1n) is 6.61. The van der Waals surface area contributed by atoms with Gasteiger partial charge in [-0.2, -0.15) is 8.42 Å². The van der Waals surface area contributed by atoms with Crippen molar-refractivity contribution < 1.29 is 22.8 Å². The van der Waals surface area contributed by atoms with Crippen LogP contribution in [0.1, 0.15) is 12.5 Å². The summed E-state index contributed by atoms with van der Waals surface area (Å²) in [7, 11) is -4.03. The summed E-state index contributed by atoms with van der Waals surface area (Å²) < 4.78 is 29.8. The van der Waals surface area contributed by atoms with Crippen LogP contribution < -0.4 is 0 Å². The van der Waals surface area contributed by atoms with E-state index in [9.17, 15) is 28.6 Å². The van der Waals surface area contributed by atoms with E-state index in [4.69, 9.17) is 4.55 Å². The molecule has 0 spiro atoms. The fourth-order valence-corrected chi connectivity index (χ4v) is 2.15. The second-order valence-electron chi connectivity index (χ2n) is 4.48. The van der Waals surface area contributed by atoms with Gasteiger partial charge in [0.25, 0.3) is 10.1 Å². The fourth-order valence-electron chi connectivity index (χ4n) is 1.67. The van der Waals surface area contributed by atoms with E-state index in [1.54, 1.807) is 12.1 Å². The summed E-state index contributed by atoms with van der Waals surface area (Å²) in [5.74, 6) is 0. The van der Waals surface area contributed by atoms with E-state index in [1.165, 1.54) is 24.3 Å². The Morgan fingerprint density at radius 3 is 1.62 bits per heavy atom. The highest BCUT2D eigenvalue weighted by Gasteiger charge is 2.21. The highest BCUT2D eigenvalue weighted by molar-refractivity contribution is 7.85. The lowest BCUT2D eigenvalue weighted by Crippen LogP contribution is -1.97. The normalized spacial score (nSPS) is 10.4. The van der Waals surface area contributed by atoms with Crippen molar-refractivity contribution in [1.82, 2.24) is 0 Å². The van der Waals surface area contributed by atoms with Crippen LogP contribution in [0, 0.1) is 20.2 Å². The second kappa shape index (κ2) is 8.13. The molecule has 2 aromatic carbocycles. The molecule has 0 fully saturated rings. The lowest BCUT2D eigenvalue weighted by atomic mass is 10.2. The van der Waals surface area contributed by atoms with Crippen LogP contribution in [0.4, 0.5) is 11.4 Å². The Balaban J connectivity index is 0.000000240. The molecule has 0 atom stereocenters. The van der Waals surface area contributed by atoms with Crippen molar-refractivity contribution in [2.45, 2.75) is 18.2 Å². The lowest BCUT2D eigenvalue weighted by molar-refractivity contribution is -0.422. The molecule has 0 aliphatic rings. The van der Waals surface area contributed by atoms with Gasteiger partial charge < -0.3 is 0 Å². The molecule has 10 heteroatoms. The van der Waals surface area contributed by atoms with E-state index in [2.05, 4.69) is 0 Å². The maximum atomic E-state index is 10.6. The van der Waals surface area contributed by atoms with E-state index in [0.29, 0.717) is 0 Å². The van der Waals surface area contributed by atoms with Crippen molar-refractivity contribution in [3.63, 3.8) is 0 Å². The maximum Gasteiger partial charge on any atom is 0.346 e. The van der Waals surface area contributed by atoms with Crippen LogP contribution in [0.5, 0.6) is 0 Å². The number of hydrogen-bond acceptors (Lipinski definition) is 6. The van der Waals surface area contributed by atoms with Gasteiger partial charge in [-0.1, -0.05) is 31.2 Å². The minimum absolute atomic E-state index is 0.0558. The van der Waals surface area contributed by atoms with Crippen LogP contribution in [0.2, 0.25) is 0 Å². The molecule has 0 saturated heterocycles. The molecule has 2 aromatic rings. The third kappa shape index (κ3) is 5.41. The number of rotatable bonds is 4. The van der Waals surface area contributed by atoms with E-state index >= 15 is 0 Å². The van der Waals surface area contributed by atoms with Crippen molar-refractivity contribution >= 4 is 21.5 Å². The first-order chi connectivity index (χ1) is 11.2. The fraction of sp³-hybridized carbons (Fsp3) is 0.143. The zero-order chi connectivity index (χ0) is 18.3. The number of para-hydroxylation sites is 2. The van der Waals surface area contributed by atoms with Gasteiger partial charge in [0.15, 0.2) is 0 Å². The number of nitro groups is 2. The predicted octanol–water partition coefficient (Wildman–Crippen LogP) is 3.00. The molecule has 2 rings (SSSR count). The summed E-state index contributed by atoms with van der Waals surface area (Å²) in [6.07, 6.45) is 0.853. The Labute approximate surface area is 137 Å². The molecule has 128 valence electrons. The van der Waals surface area contributed by atoms with Crippen molar-refractivity contribution in [3.05, 3.63) is 74.3 Å². The molecule has 0 aliphatic carbocycles.